The molecule has 0 saturated carbocycles. The molecule has 1 fully saturated rings. The zero-order valence-corrected chi connectivity index (χ0v) is 9.52. The van der Waals surface area contributed by atoms with Crippen molar-refractivity contribution in [1.29, 1.82) is 0 Å². The van der Waals surface area contributed by atoms with Crippen molar-refractivity contribution >= 4 is 0 Å². The summed E-state index contributed by atoms with van der Waals surface area (Å²) in [5, 5.41) is 12.0. The van der Waals surface area contributed by atoms with Gasteiger partial charge in [-0.1, -0.05) is 0 Å². The maximum atomic E-state index is 6.03. The van der Waals surface area contributed by atoms with Crippen molar-refractivity contribution < 1.29 is 0 Å². The van der Waals surface area contributed by atoms with Crippen molar-refractivity contribution in [2.24, 2.45) is 5.73 Å². The zero-order chi connectivity index (χ0) is 11.0. The third-order valence-corrected chi connectivity index (χ3v) is 3.68. The van der Waals surface area contributed by atoms with Crippen LogP contribution in [0.15, 0.2) is 0 Å². The first-order valence-corrected chi connectivity index (χ1v) is 6.25. The molecule has 1 aromatic heterocycles. The van der Waals surface area contributed by atoms with Gasteiger partial charge in [0.1, 0.15) is 11.6 Å². The van der Waals surface area contributed by atoms with Gasteiger partial charge in [-0.3, -0.25) is 0 Å². The second-order valence-electron chi connectivity index (χ2n) is 4.87. The molecule has 1 aromatic rings. The van der Waals surface area contributed by atoms with E-state index in [0.29, 0.717) is 6.04 Å². The Kier molecular flexibility index (Phi) is 2.65. The number of hydrogen-bond acceptors (Lipinski definition) is 4. The summed E-state index contributed by atoms with van der Waals surface area (Å²) in [5.41, 5.74) is 6.03. The van der Waals surface area contributed by atoms with Crippen LogP contribution in [0.3, 0.4) is 0 Å². The summed E-state index contributed by atoms with van der Waals surface area (Å²) in [6.45, 7) is 2.18. The summed E-state index contributed by atoms with van der Waals surface area (Å²) < 4.78 is 2.23. The predicted molar refractivity (Wildman–Crippen MR) is 60.9 cm³/mol. The molecule has 2 aliphatic rings. The molecule has 16 heavy (non-hydrogen) atoms. The van der Waals surface area contributed by atoms with E-state index in [1.54, 1.807) is 0 Å². The van der Waals surface area contributed by atoms with Gasteiger partial charge in [-0.05, 0) is 32.2 Å². The quantitative estimate of drug-likeness (QED) is 0.757. The van der Waals surface area contributed by atoms with Gasteiger partial charge >= 0.3 is 0 Å². The van der Waals surface area contributed by atoms with Crippen LogP contribution in [0.25, 0.3) is 0 Å². The smallest absolute Gasteiger partial charge is 0.149 e. The molecule has 2 atom stereocenters. The molecule has 5 heteroatoms. The zero-order valence-electron chi connectivity index (χ0n) is 9.52. The molecule has 3 heterocycles. The second kappa shape index (κ2) is 4.14. The maximum Gasteiger partial charge on any atom is 0.149 e. The minimum absolute atomic E-state index is 0.0894. The van der Waals surface area contributed by atoms with E-state index in [1.165, 1.54) is 12.8 Å². The van der Waals surface area contributed by atoms with E-state index in [9.17, 15) is 0 Å². The fourth-order valence-corrected chi connectivity index (χ4v) is 2.77. The number of aromatic nitrogens is 3. The number of nitrogens with two attached hydrogens (primary N) is 1. The standard InChI is InChI=1S/C11H19N5/c12-9-4-2-6-16-10(14-15-11(9)16)7-8-3-1-5-13-8/h8-9,13H,1-7,12H2. The number of fused-ring (bicyclic) bond motifs is 1. The summed E-state index contributed by atoms with van der Waals surface area (Å²) in [7, 11) is 0. The van der Waals surface area contributed by atoms with Gasteiger partial charge in [-0.15, -0.1) is 10.2 Å². The fourth-order valence-electron chi connectivity index (χ4n) is 2.77. The van der Waals surface area contributed by atoms with Gasteiger partial charge in [0.05, 0.1) is 6.04 Å². The molecule has 3 N–H and O–H groups in total. The van der Waals surface area contributed by atoms with Gasteiger partial charge < -0.3 is 15.6 Å². The lowest BCUT2D eigenvalue weighted by Crippen LogP contribution is -2.27. The molecule has 2 aliphatic heterocycles. The Morgan fingerprint density at radius 1 is 1.31 bits per heavy atom. The number of nitrogens with one attached hydrogen (secondary N) is 1. The summed E-state index contributed by atoms with van der Waals surface area (Å²) in [5.74, 6) is 2.10. The molecule has 88 valence electrons. The molecule has 3 rings (SSSR count). The van der Waals surface area contributed by atoms with Crippen molar-refractivity contribution in [3.05, 3.63) is 11.6 Å². The Balaban J connectivity index is 1.79. The Morgan fingerprint density at radius 2 is 2.25 bits per heavy atom. The van der Waals surface area contributed by atoms with Crippen LogP contribution in [0.1, 0.15) is 43.4 Å². The number of rotatable bonds is 2. The summed E-state index contributed by atoms with van der Waals surface area (Å²) >= 11 is 0. The molecule has 0 bridgehead atoms. The topological polar surface area (TPSA) is 68.8 Å². The maximum absolute atomic E-state index is 6.03. The highest BCUT2D eigenvalue weighted by Gasteiger charge is 2.24. The van der Waals surface area contributed by atoms with Crippen LogP contribution >= 0.6 is 0 Å². The fraction of sp³-hybridized carbons (Fsp3) is 0.818. The van der Waals surface area contributed by atoms with E-state index in [2.05, 4.69) is 20.1 Å². The first kappa shape index (κ1) is 10.2. The molecule has 0 amide bonds. The van der Waals surface area contributed by atoms with Gasteiger partial charge in [0, 0.05) is 19.0 Å². The van der Waals surface area contributed by atoms with E-state index in [4.69, 9.17) is 5.73 Å². The SMILES string of the molecule is NC1CCCn2c(CC3CCCN3)nnc21. The molecule has 0 radical (unpaired) electrons. The molecular weight excluding hydrogens is 202 g/mol. The van der Waals surface area contributed by atoms with Crippen molar-refractivity contribution in [3.8, 4) is 0 Å². The van der Waals surface area contributed by atoms with Crippen LogP contribution in [-0.4, -0.2) is 27.4 Å². The van der Waals surface area contributed by atoms with Crippen molar-refractivity contribution in [2.75, 3.05) is 6.54 Å². The summed E-state index contributed by atoms with van der Waals surface area (Å²) in [6.07, 6.45) is 5.73. The number of hydrogen-bond donors (Lipinski definition) is 2. The third kappa shape index (κ3) is 1.74. The van der Waals surface area contributed by atoms with Gasteiger partial charge in [0.15, 0.2) is 0 Å². The summed E-state index contributed by atoms with van der Waals surface area (Å²) in [4.78, 5) is 0. The minimum atomic E-state index is 0.0894. The van der Waals surface area contributed by atoms with Crippen molar-refractivity contribution in [3.63, 3.8) is 0 Å². The first-order valence-electron chi connectivity index (χ1n) is 6.25. The van der Waals surface area contributed by atoms with E-state index < -0.39 is 0 Å². The monoisotopic (exact) mass is 221 g/mol. The Hall–Kier alpha value is -0.940. The van der Waals surface area contributed by atoms with E-state index in [-0.39, 0.29) is 6.04 Å². The molecule has 0 spiro atoms. The molecule has 1 saturated heterocycles. The van der Waals surface area contributed by atoms with Crippen LogP contribution in [-0.2, 0) is 13.0 Å². The van der Waals surface area contributed by atoms with Gasteiger partial charge in [0.25, 0.3) is 0 Å². The Labute approximate surface area is 95.4 Å². The van der Waals surface area contributed by atoms with Crippen LogP contribution in [0.4, 0.5) is 0 Å². The molecule has 2 unspecified atom stereocenters. The van der Waals surface area contributed by atoms with Crippen LogP contribution in [0, 0.1) is 0 Å². The lowest BCUT2D eigenvalue weighted by Gasteiger charge is -2.21. The van der Waals surface area contributed by atoms with E-state index >= 15 is 0 Å². The highest BCUT2D eigenvalue weighted by molar-refractivity contribution is 5.05. The lowest BCUT2D eigenvalue weighted by molar-refractivity contribution is 0.436. The molecular formula is C11H19N5. The molecule has 0 aromatic carbocycles. The van der Waals surface area contributed by atoms with E-state index in [1.807, 2.05) is 0 Å². The third-order valence-electron chi connectivity index (χ3n) is 3.68. The minimum Gasteiger partial charge on any atom is -0.321 e. The highest BCUT2D eigenvalue weighted by Crippen LogP contribution is 2.23. The van der Waals surface area contributed by atoms with Crippen LogP contribution in [0.5, 0.6) is 0 Å². The summed E-state index contributed by atoms with van der Waals surface area (Å²) in [6, 6.07) is 0.679. The van der Waals surface area contributed by atoms with Crippen molar-refractivity contribution in [1.82, 2.24) is 20.1 Å². The van der Waals surface area contributed by atoms with Crippen molar-refractivity contribution in [2.45, 2.75) is 50.7 Å². The predicted octanol–water partition coefficient (Wildman–Crippen LogP) is 0.366. The first-order chi connectivity index (χ1) is 7.84. The lowest BCUT2D eigenvalue weighted by atomic mass is 10.1. The molecule has 5 nitrogen and oxygen atoms in total. The molecule has 0 aliphatic carbocycles. The average molecular weight is 221 g/mol. The average Bonchev–Trinajstić information content (AvgIpc) is 2.90. The number of nitrogens with zero attached hydrogens (tertiary/aromatic N) is 3. The normalized spacial score (nSPS) is 29.3. The van der Waals surface area contributed by atoms with Crippen LogP contribution < -0.4 is 11.1 Å². The Morgan fingerprint density at radius 3 is 3.06 bits per heavy atom. The van der Waals surface area contributed by atoms with Gasteiger partial charge in [0.2, 0.25) is 0 Å². The highest BCUT2D eigenvalue weighted by atomic mass is 15.3. The largest absolute Gasteiger partial charge is 0.321 e. The van der Waals surface area contributed by atoms with Crippen LogP contribution in [0.2, 0.25) is 0 Å². The van der Waals surface area contributed by atoms with Gasteiger partial charge in [-0.2, -0.15) is 0 Å². The second-order valence-corrected chi connectivity index (χ2v) is 4.87. The Bertz CT molecular complexity index is 366. The van der Waals surface area contributed by atoms with Gasteiger partial charge in [-0.25, -0.2) is 0 Å². The van der Waals surface area contributed by atoms with E-state index in [0.717, 1.165) is 44.0 Å².